The summed E-state index contributed by atoms with van der Waals surface area (Å²) >= 11 is 0. The van der Waals surface area contributed by atoms with Gasteiger partial charge in [0.05, 0.1) is 12.6 Å². The van der Waals surface area contributed by atoms with Gasteiger partial charge in [-0.3, -0.25) is 14.4 Å². The first-order chi connectivity index (χ1) is 16.0. The molecular weight excluding hydrogens is 414 g/mol. The first-order valence-electron chi connectivity index (χ1n) is 13.1. The first-order valence-corrected chi connectivity index (χ1v) is 13.1. The van der Waals surface area contributed by atoms with Crippen LogP contribution in [0.4, 0.5) is 0 Å². The van der Waals surface area contributed by atoms with Crippen molar-refractivity contribution in [3.63, 3.8) is 0 Å². The molecule has 0 aromatic heterocycles. The van der Waals surface area contributed by atoms with Crippen molar-refractivity contribution < 1.29 is 14.4 Å². The molecular formula is C27H45N3O3. The van der Waals surface area contributed by atoms with Gasteiger partial charge in [-0.25, -0.2) is 0 Å². The van der Waals surface area contributed by atoms with E-state index in [0.29, 0.717) is 18.9 Å². The van der Waals surface area contributed by atoms with Crippen molar-refractivity contribution in [3.05, 3.63) is 23.3 Å². The highest BCUT2D eigenvalue weighted by Gasteiger charge is 2.31. The van der Waals surface area contributed by atoms with E-state index in [2.05, 4.69) is 29.7 Å². The molecule has 2 N–H and O–H groups in total. The third kappa shape index (κ3) is 9.07. The maximum absolute atomic E-state index is 12.3. The number of unbranched alkanes of at least 4 members (excludes halogenated alkanes) is 5. The molecule has 2 rings (SSSR count). The van der Waals surface area contributed by atoms with Crippen LogP contribution >= 0.6 is 0 Å². The fourth-order valence-electron chi connectivity index (χ4n) is 5.29. The van der Waals surface area contributed by atoms with Crippen molar-refractivity contribution in [2.75, 3.05) is 26.7 Å². The number of hydrogen-bond acceptors (Lipinski definition) is 4. The number of nitrogens with zero attached hydrogens (tertiary/aromatic N) is 1. The van der Waals surface area contributed by atoms with Crippen molar-refractivity contribution in [1.29, 1.82) is 0 Å². The molecule has 1 saturated heterocycles. The summed E-state index contributed by atoms with van der Waals surface area (Å²) in [5, 5.41) is 6.02. The number of allylic oxidation sites excluding steroid dienone is 2. The van der Waals surface area contributed by atoms with E-state index < -0.39 is 0 Å². The van der Waals surface area contributed by atoms with Gasteiger partial charge >= 0.3 is 0 Å². The second-order valence-corrected chi connectivity index (χ2v) is 9.56. The summed E-state index contributed by atoms with van der Waals surface area (Å²) in [7, 11) is 2.01. The van der Waals surface area contributed by atoms with Crippen molar-refractivity contribution in [2.45, 2.75) is 96.9 Å². The molecule has 0 bridgehead atoms. The Morgan fingerprint density at radius 3 is 2.52 bits per heavy atom. The van der Waals surface area contributed by atoms with Gasteiger partial charge in [-0.15, -0.1) is 0 Å². The Hall–Kier alpha value is -1.95. The standard InChI is InChI=1S/C27H45N3O3/c1-4-24-22(14-11-15-23(24)19-28-3)13-9-7-5-6-8-10-17-26(32)29-20-27(33)30-18-12-16-25(30)21(2)31/h11,15,22,25,28H,4-10,12-14,16-20H2,1-3H3,(H,29,32). The van der Waals surface area contributed by atoms with Crippen LogP contribution in [0.3, 0.4) is 0 Å². The van der Waals surface area contributed by atoms with Crippen LogP contribution in [0.1, 0.15) is 90.9 Å². The van der Waals surface area contributed by atoms with E-state index in [1.54, 1.807) is 10.5 Å². The van der Waals surface area contributed by atoms with Crippen LogP contribution in [0.5, 0.6) is 0 Å². The molecule has 1 fully saturated rings. The molecule has 0 saturated carbocycles. The Morgan fingerprint density at radius 1 is 1.09 bits per heavy atom. The van der Waals surface area contributed by atoms with Crippen molar-refractivity contribution in [1.82, 2.24) is 15.5 Å². The Balaban J connectivity index is 1.51. The lowest BCUT2D eigenvalue weighted by Gasteiger charge is -2.25. The average molecular weight is 460 g/mol. The van der Waals surface area contributed by atoms with E-state index in [1.807, 2.05) is 7.05 Å². The summed E-state index contributed by atoms with van der Waals surface area (Å²) in [4.78, 5) is 37.6. The Bertz CT molecular complexity index is 713. The largest absolute Gasteiger partial charge is 0.347 e. The molecule has 0 aromatic rings. The number of nitrogens with one attached hydrogen (secondary N) is 2. The predicted molar refractivity (Wildman–Crippen MR) is 134 cm³/mol. The van der Waals surface area contributed by atoms with Gasteiger partial charge in [-0.1, -0.05) is 56.8 Å². The third-order valence-electron chi connectivity index (χ3n) is 7.08. The van der Waals surface area contributed by atoms with Gasteiger partial charge in [0, 0.05) is 19.5 Å². The van der Waals surface area contributed by atoms with Gasteiger partial charge in [-0.2, -0.15) is 0 Å². The lowest BCUT2D eigenvalue weighted by atomic mass is 9.82. The minimum absolute atomic E-state index is 0.00317. The van der Waals surface area contributed by atoms with E-state index in [1.165, 1.54) is 44.6 Å². The molecule has 2 unspecified atom stereocenters. The highest BCUT2D eigenvalue weighted by molar-refractivity contribution is 5.90. The minimum Gasteiger partial charge on any atom is -0.347 e. The highest BCUT2D eigenvalue weighted by Crippen LogP contribution is 2.31. The number of amides is 2. The van der Waals surface area contributed by atoms with Crippen LogP contribution in [0, 0.1) is 5.92 Å². The molecule has 2 amide bonds. The lowest BCUT2D eigenvalue weighted by molar-refractivity contribution is -0.137. The summed E-state index contributed by atoms with van der Waals surface area (Å²) in [5.74, 6) is 0.529. The van der Waals surface area contributed by atoms with Crippen LogP contribution in [-0.2, 0) is 14.4 Å². The van der Waals surface area contributed by atoms with Crippen LogP contribution in [0.2, 0.25) is 0 Å². The molecule has 1 aliphatic carbocycles. The summed E-state index contributed by atoms with van der Waals surface area (Å²) in [6.45, 7) is 5.39. The van der Waals surface area contributed by atoms with Gasteiger partial charge in [-0.05, 0) is 64.0 Å². The zero-order chi connectivity index (χ0) is 24.1. The SMILES string of the molecule is CCC1=C(CNC)C=CCC1CCCCCCCCC(=O)NCC(=O)N1CCCC1C(C)=O. The van der Waals surface area contributed by atoms with Gasteiger partial charge in [0.25, 0.3) is 0 Å². The number of rotatable bonds is 15. The molecule has 186 valence electrons. The number of carbonyl (C=O) groups excluding carboxylic acids is 3. The average Bonchev–Trinajstić information content (AvgIpc) is 3.30. The molecule has 0 aromatic carbocycles. The second-order valence-electron chi connectivity index (χ2n) is 9.56. The third-order valence-corrected chi connectivity index (χ3v) is 7.08. The fourth-order valence-corrected chi connectivity index (χ4v) is 5.29. The molecule has 0 spiro atoms. The van der Waals surface area contributed by atoms with E-state index in [4.69, 9.17) is 0 Å². The monoisotopic (exact) mass is 459 g/mol. The summed E-state index contributed by atoms with van der Waals surface area (Å²) < 4.78 is 0. The van der Waals surface area contributed by atoms with E-state index in [0.717, 1.165) is 45.1 Å². The zero-order valence-electron chi connectivity index (χ0n) is 21.1. The van der Waals surface area contributed by atoms with E-state index in [-0.39, 0.29) is 30.2 Å². The molecule has 6 heteroatoms. The zero-order valence-corrected chi connectivity index (χ0v) is 21.1. The quantitative estimate of drug-likeness (QED) is 0.358. The number of ketones is 1. The van der Waals surface area contributed by atoms with Crippen molar-refractivity contribution in [3.8, 4) is 0 Å². The second kappa shape index (κ2) is 15.0. The van der Waals surface area contributed by atoms with Crippen LogP contribution in [0.25, 0.3) is 0 Å². The van der Waals surface area contributed by atoms with E-state index >= 15 is 0 Å². The summed E-state index contributed by atoms with van der Waals surface area (Å²) in [5.41, 5.74) is 3.12. The topological polar surface area (TPSA) is 78.5 Å². The van der Waals surface area contributed by atoms with Crippen molar-refractivity contribution in [2.24, 2.45) is 5.92 Å². The lowest BCUT2D eigenvalue weighted by Crippen LogP contribution is -2.44. The van der Waals surface area contributed by atoms with Gasteiger partial charge < -0.3 is 15.5 Å². The Kier molecular flexibility index (Phi) is 12.4. The number of likely N-dealkylation sites (tertiary alicyclic amines) is 1. The highest BCUT2D eigenvalue weighted by atomic mass is 16.2. The minimum atomic E-state index is -0.302. The summed E-state index contributed by atoms with van der Waals surface area (Å²) in [6, 6.07) is -0.302. The maximum atomic E-state index is 12.3. The number of hydrogen-bond donors (Lipinski definition) is 2. The van der Waals surface area contributed by atoms with Gasteiger partial charge in [0.15, 0.2) is 5.78 Å². The van der Waals surface area contributed by atoms with Crippen LogP contribution in [-0.4, -0.2) is 55.2 Å². The van der Waals surface area contributed by atoms with Crippen molar-refractivity contribution >= 4 is 17.6 Å². The number of Topliss-reactive ketones (excluding diaryl/α,β-unsaturated/α-hetero) is 1. The molecule has 6 nitrogen and oxygen atoms in total. The number of likely N-dealkylation sites (N-methyl/N-ethyl adjacent to an activating group) is 1. The molecule has 1 heterocycles. The van der Waals surface area contributed by atoms with Gasteiger partial charge in [0.1, 0.15) is 0 Å². The molecule has 2 aliphatic rings. The summed E-state index contributed by atoms with van der Waals surface area (Å²) in [6.07, 6.45) is 17.1. The maximum Gasteiger partial charge on any atom is 0.242 e. The molecule has 1 aliphatic heterocycles. The fraction of sp³-hybridized carbons (Fsp3) is 0.741. The number of carbonyl (C=O) groups is 3. The molecule has 33 heavy (non-hydrogen) atoms. The Labute approximate surface area is 200 Å². The molecule has 2 atom stereocenters. The normalized spacial score (nSPS) is 20.4. The predicted octanol–water partition coefficient (Wildman–Crippen LogP) is 4.31. The smallest absolute Gasteiger partial charge is 0.242 e. The molecule has 0 radical (unpaired) electrons. The first kappa shape index (κ1) is 27.3. The van der Waals surface area contributed by atoms with E-state index in [9.17, 15) is 14.4 Å². The van der Waals surface area contributed by atoms with Gasteiger partial charge in [0.2, 0.25) is 11.8 Å². The van der Waals surface area contributed by atoms with Crippen LogP contribution in [0.15, 0.2) is 23.3 Å². The van der Waals surface area contributed by atoms with Crippen LogP contribution < -0.4 is 10.6 Å². The Morgan fingerprint density at radius 2 is 1.82 bits per heavy atom.